The molecule has 1 aliphatic rings. The van der Waals surface area contributed by atoms with Crippen LogP contribution in [0.15, 0.2) is 9.98 Å². The van der Waals surface area contributed by atoms with Crippen LogP contribution in [0.2, 0.25) is 0 Å². The summed E-state index contributed by atoms with van der Waals surface area (Å²) in [6.07, 6.45) is 1.53. The van der Waals surface area contributed by atoms with E-state index in [2.05, 4.69) is 15.3 Å². The molecule has 0 saturated heterocycles. The summed E-state index contributed by atoms with van der Waals surface area (Å²) >= 11 is 0. The molecular formula is C4H9ClN4. The molecule has 0 bridgehead atoms. The highest BCUT2D eigenvalue weighted by molar-refractivity contribution is 5.90. The number of halogens is 1. The maximum atomic E-state index is 5.27. The first-order valence-electron chi connectivity index (χ1n) is 2.40. The average Bonchev–Trinajstić information content (AvgIpc) is 1.64. The maximum Gasteiger partial charge on any atom is 0.195 e. The molecule has 4 nitrogen and oxygen atoms in total. The SMILES string of the molecule is CC1N=CNC(N)=N1.Cl. The number of nitrogens with one attached hydrogen (secondary N) is 1. The van der Waals surface area contributed by atoms with Crippen LogP contribution < -0.4 is 11.1 Å². The fraction of sp³-hybridized carbons (Fsp3) is 0.500. The summed E-state index contributed by atoms with van der Waals surface area (Å²) in [6.45, 7) is 1.87. The molecule has 0 saturated carbocycles. The second-order valence-electron chi connectivity index (χ2n) is 1.57. The van der Waals surface area contributed by atoms with Crippen molar-refractivity contribution in [2.75, 3.05) is 0 Å². The van der Waals surface area contributed by atoms with Crippen molar-refractivity contribution in [3.63, 3.8) is 0 Å². The molecule has 0 aliphatic carbocycles. The Morgan fingerprint density at radius 1 is 1.78 bits per heavy atom. The lowest BCUT2D eigenvalue weighted by Gasteiger charge is -2.07. The van der Waals surface area contributed by atoms with Gasteiger partial charge in [0.2, 0.25) is 0 Å². The first kappa shape index (κ1) is 8.23. The first-order valence-corrected chi connectivity index (χ1v) is 2.40. The first-order chi connectivity index (χ1) is 3.79. The molecule has 1 rings (SSSR count). The van der Waals surface area contributed by atoms with E-state index in [4.69, 9.17) is 5.73 Å². The van der Waals surface area contributed by atoms with Crippen molar-refractivity contribution >= 4 is 24.7 Å². The largest absolute Gasteiger partial charge is 0.370 e. The van der Waals surface area contributed by atoms with Crippen molar-refractivity contribution in [3.8, 4) is 0 Å². The van der Waals surface area contributed by atoms with E-state index in [1.165, 1.54) is 0 Å². The minimum atomic E-state index is -0.0174. The van der Waals surface area contributed by atoms with E-state index < -0.39 is 0 Å². The average molecular weight is 149 g/mol. The van der Waals surface area contributed by atoms with Crippen LogP contribution >= 0.6 is 12.4 Å². The third-order valence-electron chi connectivity index (χ3n) is 0.829. The van der Waals surface area contributed by atoms with Gasteiger partial charge in [0, 0.05) is 0 Å². The lowest BCUT2D eigenvalue weighted by molar-refractivity contribution is 0.775. The van der Waals surface area contributed by atoms with Crippen LogP contribution in [0.1, 0.15) is 6.92 Å². The second kappa shape index (κ2) is 3.29. The fourth-order valence-corrected chi connectivity index (χ4v) is 0.483. The van der Waals surface area contributed by atoms with E-state index >= 15 is 0 Å². The molecule has 5 heteroatoms. The minimum absolute atomic E-state index is 0. The van der Waals surface area contributed by atoms with Crippen LogP contribution in [-0.2, 0) is 0 Å². The molecule has 0 radical (unpaired) electrons. The molecule has 1 atom stereocenters. The Hall–Kier alpha value is -0.770. The van der Waals surface area contributed by atoms with Crippen molar-refractivity contribution in [1.82, 2.24) is 5.32 Å². The van der Waals surface area contributed by atoms with Crippen molar-refractivity contribution < 1.29 is 0 Å². The number of hydrogen-bond acceptors (Lipinski definition) is 4. The molecule has 1 heterocycles. The van der Waals surface area contributed by atoms with Crippen molar-refractivity contribution in [2.45, 2.75) is 13.1 Å². The topological polar surface area (TPSA) is 62.8 Å². The Bertz CT molecular complexity index is 142. The van der Waals surface area contributed by atoms with Crippen LogP contribution in [0.4, 0.5) is 0 Å². The van der Waals surface area contributed by atoms with Gasteiger partial charge in [-0.05, 0) is 6.92 Å². The van der Waals surface area contributed by atoms with Crippen LogP contribution in [0.5, 0.6) is 0 Å². The van der Waals surface area contributed by atoms with Crippen molar-refractivity contribution in [3.05, 3.63) is 0 Å². The van der Waals surface area contributed by atoms with Gasteiger partial charge < -0.3 is 11.1 Å². The van der Waals surface area contributed by atoms with E-state index in [0.29, 0.717) is 5.96 Å². The fourth-order valence-electron chi connectivity index (χ4n) is 0.483. The van der Waals surface area contributed by atoms with Gasteiger partial charge in [0.05, 0.1) is 6.34 Å². The quantitative estimate of drug-likeness (QED) is 0.496. The summed E-state index contributed by atoms with van der Waals surface area (Å²) in [5.74, 6) is 0.438. The molecule has 0 aromatic rings. The molecule has 1 aliphatic heterocycles. The number of guanidine groups is 1. The maximum absolute atomic E-state index is 5.27. The van der Waals surface area contributed by atoms with E-state index in [1.807, 2.05) is 6.92 Å². The van der Waals surface area contributed by atoms with E-state index in [0.717, 1.165) is 0 Å². The lowest BCUT2D eigenvalue weighted by Crippen LogP contribution is -2.34. The second-order valence-corrected chi connectivity index (χ2v) is 1.57. The third-order valence-corrected chi connectivity index (χ3v) is 0.829. The Kier molecular flexibility index (Phi) is 3.01. The summed E-state index contributed by atoms with van der Waals surface area (Å²) in [7, 11) is 0. The molecule has 0 amide bonds. The Morgan fingerprint density at radius 3 is 2.78 bits per heavy atom. The van der Waals surface area contributed by atoms with E-state index in [1.54, 1.807) is 6.34 Å². The van der Waals surface area contributed by atoms with Gasteiger partial charge in [-0.3, -0.25) is 0 Å². The summed E-state index contributed by atoms with van der Waals surface area (Å²) in [4.78, 5) is 7.74. The number of hydrogen-bond donors (Lipinski definition) is 2. The Balaban J connectivity index is 0.000000640. The number of nitrogens with two attached hydrogens (primary N) is 1. The van der Waals surface area contributed by atoms with Gasteiger partial charge in [-0.2, -0.15) is 0 Å². The summed E-state index contributed by atoms with van der Waals surface area (Å²) in [6, 6.07) is 0. The zero-order valence-corrected chi connectivity index (χ0v) is 5.85. The summed E-state index contributed by atoms with van der Waals surface area (Å²) in [5, 5.41) is 2.65. The predicted octanol–water partition coefficient (Wildman–Crippen LogP) is -0.300. The highest BCUT2D eigenvalue weighted by atomic mass is 35.5. The van der Waals surface area contributed by atoms with Gasteiger partial charge >= 0.3 is 0 Å². The van der Waals surface area contributed by atoms with Crippen molar-refractivity contribution in [1.29, 1.82) is 0 Å². The molecule has 52 valence electrons. The minimum Gasteiger partial charge on any atom is -0.370 e. The number of rotatable bonds is 0. The summed E-state index contributed by atoms with van der Waals surface area (Å²) < 4.78 is 0. The van der Waals surface area contributed by atoms with Crippen molar-refractivity contribution in [2.24, 2.45) is 15.7 Å². The molecule has 0 aromatic carbocycles. The molecule has 0 spiro atoms. The predicted molar refractivity (Wildman–Crippen MR) is 40.0 cm³/mol. The number of nitrogens with zero attached hydrogens (tertiary/aromatic N) is 2. The van der Waals surface area contributed by atoms with Crippen LogP contribution in [0.3, 0.4) is 0 Å². The van der Waals surface area contributed by atoms with Gasteiger partial charge in [-0.25, -0.2) is 9.98 Å². The van der Waals surface area contributed by atoms with Gasteiger partial charge in [0.15, 0.2) is 5.96 Å². The van der Waals surface area contributed by atoms with Crippen LogP contribution in [-0.4, -0.2) is 18.5 Å². The molecule has 9 heavy (non-hydrogen) atoms. The Labute approximate surface area is 59.7 Å². The zero-order chi connectivity index (χ0) is 5.98. The Morgan fingerprint density at radius 2 is 2.44 bits per heavy atom. The standard InChI is InChI=1S/C4H8N4.ClH/c1-3-6-2-7-4(5)8-3;/h2-3H,1H3,(H3,5,6,7,8);1H. The molecule has 3 N–H and O–H groups in total. The third kappa shape index (κ3) is 2.32. The molecule has 0 fully saturated rings. The summed E-state index contributed by atoms with van der Waals surface area (Å²) in [5.41, 5.74) is 5.27. The lowest BCUT2D eigenvalue weighted by atomic mass is 10.6. The van der Waals surface area contributed by atoms with Gasteiger partial charge in [-0.1, -0.05) is 0 Å². The normalized spacial score (nSPS) is 23.7. The molecule has 0 aromatic heterocycles. The van der Waals surface area contributed by atoms with Crippen LogP contribution in [0.25, 0.3) is 0 Å². The monoisotopic (exact) mass is 148 g/mol. The van der Waals surface area contributed by atoms with Gasteiger partial charge in [0.25, 0.3) is 0 Å². The van der Waals surface area contributed by atoms with E-state index in [9.17, 15) is 0 Å². The van der Waals surface area contributed by atoms with Crippen LogP contribution in [0, 0.1) is 0 Å². The molecule has 1 unspecified atom stereocenters. The highest BCUT2D eigenvalue weighted by Crippen LogP contribution is 1.90. The number of aliphatic imine (C=N–C) groups is 2. The smallest absolute Gasteiger partial charge is 0.195 e. The van der Waals surface area contributed by atoms with Gasteiger partial charge in [-0.15, -0.1) is 12.4 Å². The van der Waals surface area contributed by atoms with Gasteiger partial charge in [0.1, 0.15) is 6.17 Å². The zero-order valence-electron chi connectivity index (χ0n) is 5.03. The molecular weight excluding hydrogens is 140 g/mol. The highest BCUT2D eigenvalue weighted by Gasteiger charge is 1.98. The van der Waals surface area contributed by atoms with E-state index in [-0.39, 0.29) is 18.6 Å².